The second-order valence-corrected chi connectivity index (χ2v) is 2.64. The molecule has 2 amide bonds. The fourth-order valence-electron chi connectivity index (χ4n) is 0.905. The van der Waals surface area contributed by atoms with E-state index < -0.39 is 0 Å². The standard InChI is InChI=1S/C10H13N3O/c1-2-11-10(14)13-12-8-9-6-4-3-5-7-9/h3-8H,2H2,1H3,(H2,11,13,14)/b12-8-. The molecule has 0 heterocycles. The molecule has 0 spiro atoms. The predicted molar refractivity (Wildman–Crippen MR) is 56.2 cm³/mol. The summed E-state index contributed by atoms with van der Waals surface area (Å²) in [5.41, 5.74) is 3.30. The number of carbonyl (C=O) groups is 1. The Bertz CT molecular complexity index is 308. The number of carbonyl (C=O) groups excluding carboxylic acids is 1. The fraction of sp³-hybridized carbons (Fsp3) is 0.200. The van der Waals surface area contributed by atoms with Gasteiger partial charge in [-0.3, -0.25) is 0 Å². The van der Waals surface area contributed by atoms with E-state index in [4.69, 9.17) is 0 Å². The SMILES string of the molecule is CCNC(=O)N/N=C\c1ccccc1. The minimum Gasteiger partial charge on any atom is -0.337 e. The Hall–Kier alpha value is -1.84. The summed E-state index contributed by atoms with van der Waals surface area (Å²) in [6.45, 7) is 2.44. The Kier molecular flexibility index (Phi) is 4.20. The maximum Gasteiger partial charge on any atom is 0.335 e. The number of amides is 2. The lowest BCUT2D eigenvalue weighted by atomic mass is 10.2. The Morgan fingerprint density at radius 3 is 2.79 bits per heavy atom. The molecular weight excluding hydrogens is 178 g/mol. The molecule has 0 aliphatic carbocycles. The van der Waals surface area contributed by atoms with Gasteiger partial charge < -0.3 is 5.32 Å². The van der Waals surface area contributed by atoms with E-state index in [1.807, 2.05) is 37.3 Å². The van der Waals surface area contributed by atoms with Crippen LogP contribution in [0.25, 0.3) is 0 Å². The van der Waals surface area contributed by atoms with Crippen LogP contribution in [0.3, 0.4) is 0 Å². The van der Waals surface area contributed by atoms with Crippen LogP contribution in [0.15, 0.2) is 35.4 Å². The van der Waals surface area contributed by atoms with Crippen LogP contribution in [0, 0.1) is 0 Å². The molecule has 4 heteroatoms. The van der Waals surface area contributed by atoms with Crippen LogP contribution in [0.4, 0.5) is 4.79 Å². The zero-order valence-corrected chi connectivity index (χ0v) is 8.03. The molecule has 4 nitrogen and oxygen atoms in total. The van der Waals surface area contributed by atoms with Gasteiger partial charge in [-0.05, 0) is 12.5 Å². The molecule has 0 radical (unpaired) electrons. The molecule has 0 fully saturated rings. The van der Waals surface area contributed by atoms with E-state index in [0.29, 0.717) is 6.54 Å². The molecule has 0 saturated carbocycles. The lowest BCUT2D eigenvalue weighted by Gasteiger charge is -1.98. The van der Waals surface area contributed by atoms with Crippen LogP contribution < -0.4 is 10.7 Å². The molecule has 0 aromatic heterocycles. The van der Waals surface area contributed by atoms with Crippen molar-refractivity contribution in [1.82, 2.24) is 10.7 Å². The Labute approximate surface area is 83.0 Å². The molecule has 0 unspecified atom stereocenters. The highest BCUT2D eigenvalue weighted by Gasteiger charge is 1.91. The summed E-state index contributed by atoms with van der Waals surface area (Å²) in [6.07, 6.45) is 1.59. The third kappa shape index (κ3) is 3.71. The molecule has 0 aliphatic heterocycles. The van der Waals surface area contributed by atoms with E-state index in [1.165, 1.54) is 0 Å². The first-order valence-corrected chi connectivity index (χ1v) is 4.45. The highest BCUT2D eigenvalue weighted by Crippen LogP contribution is 1.92. The summed E-state index contributed by atoms with van der Waals surface area (Å²) < 4.78 is 0. The van der Waals surface area contributed by atoms with Gasteiger partial charge in [0.15, 0.2) is 0 Å². The van der Waals surface area contributed by atoms with E-state index in [0.717, 1.165) is 5.56 Å². The normalized spacial score (nSPS) is 10.1. The molecule has 74 valence electrons. The number of rotatable bonds is 3. The number of urea groups is 1. The number of hydrazone groups is 1. The molecule has 2 N–H and O–H groups in total. The minimum atomic E-state index is -0.292. The van der Waals surface area contributed by atoms with Crippen molar-refractivity contribution in [3.8, 4) is 0 Å². The van der Waals surface area contributed by atoms with E-state index in [1.54, 1.807) is 6.21 Å². The van der Waals surface area contributed by atoms with Gasteiger partial charge in [-0.2, -0.15) is 5.10 Å². The van der Waals surface area contributed by atoms with E-state index in [9.17, 15) is 4.79 Å². The average Bonchev–Trinajstić information content (AvgIpc) is 2.20. The van der Waals surface area contributed by atoms with Gasteiger partial charge in [0.2, 0.25) is 0 Å². The molecule has 1 aromatic rings. The number of hydrogen-bond acceptors (Lipinski definition) is 2. The molecule has 0 saturated heterocycles. The first-order valence-electron chi connectivity index (χ1n) is 4.45. The van der Waals surface area contributed by atoms with Gasteiger partial charge in [0.25, 0.3) is 0 Å². The predicted octanol–water partition coefficient (Wildman–Crippen LogP) is 1.34. The van der Waals surface area contributed by atoms with Crippen LogP contribution in [-0.4, -0.2) is 18.8 Å². The van der Waals surface area contributed by atoms with Crippen molar-refractivity contribution in [3.63, 3.8) is 0 Å². The summed E-state index contributed by atoms with van der Waals surface area (Å²) in [7, 11) is 0. The Morgan fingerprint density at radius 2 is 2.14 bits per heavy atom. The first kappa shape index (κ1) is 10.2. The summed E-state index contributed by atoms with van der Waals surface area (Å²) in [5, 5.41) is 6.34. The lowest BCUT2D eigenvalue weighted by molar-refractivity contribution is 0.242. The van der Waals surface area contributed by atoms with Gasteiger partial charge in [0.1, 0.15) is 0 Å². The summed E-state index contributed by atoms with van der Waals surface area (Å²) >= 11 is 0. The zero-order chi connectivity index (χ0) is 10.2. The highest BCUT2D eigenvalue weighted by atomic mass is 16.2. The smallest absolute Gasteiger partial charge is 0.335 e. The maximum absolute atomic E-state index is 10.9. The van der Waals surface area contributed by atoms with Gasteiger partial charge in [-0.15, -0.1) is 0 Å². The molecule has 0 aliphatic rings. The molecule has 1 aromatic carbocycles. The highest BCUT2D eigenvalue weighted by molar-refractivity contribution is 5.81. The van der Waals surface area contributed by atoms with Gasteiger partial charge in [0.05, 0.1) is 6.21 Å². The number of nitrogens with zero attached hydrogens (tertiary/aromatic N) is 1. The van der Waals surface area contributed by atoms with Crippen LogP contribution in [-0.2, 0) is 0 Å². The zero-order valence-electron chi connectivity index (χ0n) is 8.03. The number of nitrogens with one attached hydrogen (secondary N) is 2. The van der Waals surface area contributed by atoms with Gasteiger partial charge in [0, 0.05) is 6.54 Å². The quantitative estimate of drug-likeness (QED) is 0.549. The second kappa shape index (κ2) is 5.75. The van der Waals surface area contributed by atoms with E-state index >= 15 is 0 Å². The first-order chi connectivity index (χ1) is 6.83. The third-order valence-corrected chi connectivity index (χ3v) is 1.52. The molecule has 1 rings (SSSR count). The molecule has 0 bridgehead atoms. The van der Waals surface area contributed by atoms with Crippen molar-refractivity contribution >= 4 is 12.2 Å². The van der Waals surface area contributed by atoms with Gasteiger partial charge in [-0.25, -0.2) is 10.2 Å². The maximum atomic E-state index is 10.9. The summed E-state index contributed by atoms with van der Waals surface area (Å²) in [6, 6.07) is 9.26. The van der Waals surface area contributed by atoms with Crippen LogP contribution >= 0.6 is 0 Å². The van der Waals surface area contributed by atoms with Crippen molar-refractivity contribution in [3.05, 3.63) is 35.9 Å². The topological polar surface area (TPSA) is 53.5 Å². The van der Waals surface area contributed by atoms with Crippen molar-refractivity contribution in [2.45, 2.75) is 6.92 Å². The van der Waals surface area contributed by atoms with Gasteiger partial charge >= 0.3 is 6.03 Å². The Balaban J connectivity index is 2.38. The third-order valence-electron chi connectivity index (χ3n) is 1.52. The second-order valence-electron chi connectivity index (χ2n) is 2.64. The summed E-state index contributed by atoms with van der Waals surface area (Å²) in [4.78, 5) is 10.9. The van der Waals surface area contributed by atoms with Crippen molar-refractivity contribution < 1.29 is 4.79 Å². The van der Waals surface area contributed by atoms with Crippen LogP contribution in [0.5, 0.6) is 0 Å². The lowest BCUT2D eigenvalue weighted by Crippen LogP contribution is -2.31. The van der Waals surface area contributed by atoms with Crippen LogP contribution in [0.2, 0.25) is 0 Å². The van der Waals surface area contributed by atoms with E-state index in [-0.39, 0.29) is 6.03 Å². The van der Waals surface area contributed by atoms with Crippen molar-refractivity contribution in [2.24, 2.45) is 5.10 Å². The number of hydrogen-bond donors (Lipinski definition) is 2. The number of benzene rings is 1. The summed E-state index contributed by atoms with van der Waals surface area (Å²) in [5.74, 6) is 0. The fourth-order valence-corrected chi connectivity index (χ4v) is 0.905. The molecular formula is C10H13N3O. The van der Waals surface area contributed by atoms with Gasteiger partial charge in [-0.1, -0.05) is 30.3 Å². The van der Waals surface area contributed by atoms with Crippen molar-refractivity contribution in [2.75, 3.05) is 6.54 Å². The Morgan fingerprint density at radius 1 is 1.43 bits per heavy atom. The minimum absolute atomic E-state index is 0.292. The average molecular weight is 191 g/mol. The van der Waals surface area contributed by atoms with Crippen LogP contribution in [0.1, 0.15) is 12.5 Å². The monoisotopic (exact) mass is 191 g/mol. The largest absolute Gasteiger partial charge is 0.337 e. The molecule has 0 atom stereocenters. The molecule has 14 heavy (non-hydrogen) atoms. The van der Waals surface area contributed by atoms with Crippen molar-refractivity contribution in [1.29, 1.82) is 0 Å². The van der Waals surface area contributed by atoms with E-state index in [2.05, 4.69) is 15.8 Å².